The van der Waals surface area contributed by atoms with Gasteiger partial charge in [-0.2, -0.15) is 13.2 Å². The van der Waals surface area contributed by atoms with Crippen LogP contribution in [0.25, 0.3) is 10.8 Å². The third-order valence-corrected chi connectivity index (χ3v) is 2.91. The predicted octanol–water partition coefficient (Wildman–Crippen LogP) is 4.05. The number of fused-ring (bicyclic) bond motifs is 1. The maximum absolute atomic E-state index is 12.6. The second kappa shape index (κ2) is 3.99. The Balaban J connectivity index is 2.56. The highest BCUT2D eigenvalue weighted by molar-refractivity contribution is 5.84. The summed E-state index contributed by atoms with van der Waals surface area (Å²) in [7, 11) is 0. The van der Waals surface area contributed by atoms with Crippen LogP contribution < -0.4 is 5.73 Å². The smallest absolute Gasteiger partial charge is 0.322 e. The van der Waals surface area contributed by atoms with Gasteiger partial charge in [0.2, 0.25) is 0 Å². The van der Waals surface area contributed by atoms with E-state index in [9.17, 15) is 13.2 Å². The first kappa shape index (κ1) is 12.9. The van der Waals surface area contributed by atoms with Crippen LogP contribution >= 0.6 is 0 Å². The number of hydrogen-bond acceptors (Lipinski definition) is 1. The first-order chi connectivity index (χ1) is 8.18. The van der Waals surface area contributed by atoms with E-state index in [1.54, 1.807) is 12.1 Å². The van der Waals surface area contributed by atoms with Crippen molar-refractivity contribution in [1.82, 2.24) is 0 Å². The van der Waals surface area contributed by atoms with Crippen LogP contribution in [0.2, 0.25) is 0 Å². The van der Waals surface area contributed by atoms with Gasteiger partial charge in [-0.3, -0.25) is 0 Å². The zero-order chi connectivity index (χ0) is 13.6. The molecule has 0 spiro atoms. The van der Waals surface area contributed by atoms with E-state index in [4.69, 9.17) is 5.73 Å². The van der Waals surface area contributed by atoms with Gasteiger partial charge in [0.25, 0.3) is 0 Å². The van der Waals surface area contributed by atoms with Crippen LogP contribution in [0.1, 0.15) is 25.0 Å². The van der Waals surface area contributed by atoms with Gasteiger partial charge < -0.3 is 5.73 Å². The van der Waals surface area contributed by atoms with Gasteiger partial charge in [-0.1, -0.05) is 18.2 Å². The maximum atomic E-state index is 12.6. The number of hydrogen-bond donors (Lipinski definition) is 1. The molecule has 0 saturated carbocycles. The molecule has 0 radical (unpaired) electrons. The predicted molar refractivity (Wildman–Crippen MR) is 66.2 cm³/mol. The molecule has 2 aromatic carbocycles. The Hall–Kier alpha value is -1.55. The van der Waals surface area contributed by atoms with Gasteiger partial charge in [-0.05, 0) is 48.4 Å². The van der Waals surface area contributed by atoms with Gasteiger partial charge in [0, 0.05) is 5.54 Å². The van der Waals surface area contributed by atoms with Crippen LogP contribution in [0.5, 0.6) is 0 Å². The summed E-state index contributed by atoms with van der Waals surface area (Å²) in [5, 5.41) is 1.33. The third-order valence-electron chi connectivity index (χ3n) is 2.91. The minimum Gasteiger partial charge on any atom is -0.322 e. The Bertz CT molecular complexity index is 526. The minimum absolute atomic E-state index is 0.503. The van der Waals surface area contributed by atoms with E-state index in [1.165, 1.54) is 6.07 Å². The average Bonchev–Trinajstić information content (AvgIpc) is 2.25. The molecule has 2 aromatic rings. The Labute approximate surface area is 103 Å². The lowest BCUT2D eigenvalue weighted by Crippen LogP contribution is -2.28. The lowest BCUT2D eigenvalue weighted by molar-refractivity contribution is -0.137. The highest BCUT2D eigenvalue weighted by Gasteiger charge is 2.30. The van der Waals surface area contributed by atoms with Crippen LogP contribution in [0.3, 0.4) is 0 Å². The van der Waals surface area contributed by atoms with Gasteiger partial charge >= 0.3 is 6.18 Å². The van der Waals surface area contributed by atoms with Crippen LogP contribution in [0, 0.1) is 0 Å². The Morgan fingerprint density at radius 3 is 1.72 bits per heavy atom. The lowest BCUT2D eigenvalue weighted by atomic mass is 9.93. The Kier molecular flexibility index (Phi) is 2.86. The normalized spacial score (nSPS) is 13.0. The van der Waals surface area contributed by atoms with Crippen LogP contribution in [0.15, 0.2) is 36.4 Å². The molecule has 0 heterocycles. The van der Waals surface area contributed by atoms with Gasteiger partial charge in [0.05, 0.1) is 5.56 Å². The molecule has 0 bridgehead atoms. The quantitative estimate of drug-likeness (QED) is 0.815. The van der Waals surface area contributed by atoms with E-state index in [-0.39, 0.29) is 0 Å². The van der Waals surface area contributed by atoms with E-state index in [0.717, 1.165) is 23.1 Å². The molecule has 0 aromatic heterocycles. The van der Waals surface area contributed by atoms with Gasteiger partial charge in [-0.25, -0.2) is 0 Å². The summed E-state index contributed by atoms with van der Waals surface area (Å²) < 4.78 is 37.7. The van der Waals surface area contributed by atoms with Gasteiger partial charge in [-0.15, -0.1) is 0 Å². The van der Waals surface area contributed by atoms with Gasteiger partial charge in [0.15, 0.2) is 0 Å². The van der Waals surface area contributed by atoms with Crippen molar-refractivity contribution < 1.29 is 13.2 Å². The van der Waals surface area contributed by atoms with E-state index in [1.807, 2.05) is 19.9 Å². The molecule has 96 valence electrons. The molecule has 0 amide bonds. The highest BCUT2D eigenvalue weighted by Crippen LogP contribution is 2.32. The molecular formula is C14H14F3N. The number of rotatable bonds is 1. The molecule has 0 aliphatic carbocycles. The largest absolute Gasteiger partial charge is 0.416 e. The maximum Gasteiger partial charge on any atom is 0.416 e. The summed E-state index contributed by atoms with van der Waals surface area (Å²) >= 11 is 0. The SMILES string of the molecule is CC(C)(N)c1ccc2cc(C(F)(F)F)ccc2c1. The fraction of sp³-hybridized carbons (Fsp3) is 0.286. The summed E-state index contributed by atoms with van der Waals surface area (Å²) in [6.45, 7) is 3.72. The van der Waals surface area contributed by atoms with E-state index < -0.39 is 17.3 Å². The van der Waals surface area contributed by atoms with Crippen molar-refractivity contribution in [2.45, 2.75) is 25.6 Å². The molecule has 0 atom stereocenters. The molecule has 18 heavy (non-hydrogen) atoms. The molecule has 0 aliphatic rings. The second-order valence-corrected chi connectivity index (χ2v) is 5.00. The van der Waals surface area contributed by atoms with Crippen molar-refractivity contribution >= 4 is 10.8 Å². The van der Waals surface area contributed by atoms with E-state index in [0.29, 0.717) is 5.39 Å². The Morgan fingerprint density at radius 1 is 0.833 bits per heavy atom. The molecule has 4 heteroatoms. The summed E-state index contributed by atoms with van der Waals surface area (Å²) in [6, 6.07) is 9.00. The fourth-order valence-electron chi connectivity index (χ4n) is 1.82. The summed E-state index contributed by atoms with van der Waals surface area (Å²) in [4.78, 5) is 0. The van der Waals surface area contributed by atoms with Gasteiger partial charge in [0.1, 0.15) is 0 Å². The molecule has 0 unspecified atom stereocenters. The van der Waals surface area contributed by atoms with Crippen molar-refractivity contribution in [3.63, 3.8) is 0 Å². The number of nitrogens with two attached hydrogens (primary N) is 1. The molecule has 0 aliphatic heterocycles. The highest BCUT2D eigenvalue weighted by atomic mass is 19.4. The minimum atomic E-state index is -4.31. The number of alkyl halides is 3. The average molecular weight is 253 g/mol. The fourth-order valence-corrected chi connectivity index (χ4v) is 1.82. The lowest BCUT2D eigenvalue weighted by Gasteiger charge is -2.19. The molecule has 2 rings (SSSR count). The van der Waals surface area contributed by atoms with Crippen molar-refractivity contribution in [1.29, 1.82) is 0 Å². The Morgan fingerprint density at radius 2 is 1.28 bits per heavy atom. The summed E-state index contributed by atoms with van der Waals surface area (Å²) in [5.41, 5.74) is 5.73. The molecule has 1 nitrogen and oxygen atoms in total. The number of benzene rings is 2. The number of halogens is 3. The topological polar surface area (TPSA) is 26.0 Å². The second-order valence-electron chi connectivity index (χ2n) is 5.00. The molecule has 0 fully saturated rings. The molecule has 2 N–H and O–H groups in total. The van der Waals surface area contributed by atoms with Crippen molar-refractivity contribution in [2.75, 3.05) is 0 Å². The van der Waals surface area contributed by atoms with Crippen molar-refractivity contribution in [2.24, 2.45) is 5.73 Å². The van der Waals surface area contributed by atoms with Crippen molar-refractivity contribution in [3.8, 4) is 0 Å². The van der Waals surface area contributed by atoms with Crippen LogP contribution in [-0.2, 0) is 11.7 Å². The zero-order valence-corrected chi connectivity index (χ0v) is 10.2. The summed E-state index contributed by atoms with van der Waals surface area (Å²) in [6.07, 6.45) is -4.31. The first-order valence-corrected chi connectivity index (χ1v) is 5.58. The van der Waals surface area contributed by atoms with E-state index in [2.05, 4.69) is 0 Å². The standard InChI is InChI=1S/C14H14F3N/c1-13(2,18)11-5-3-10-8-12(14(15,16)17)6-4-9(10)7-11/h3-8H,18H2,1-2H3. The van der Waals surface area contributed by atoms with Crippen molar-refractivity contribution in [3.05, 3.63) is 47.5 Å². The zero-order valence-electron chi connectivity index (χ0n) is 10.2. The molecular weight excluding hydrogens is 239 g/mol. The first-order valence-electron chi connectivity index (χ1n) is 5.58. The van der Waals surface area contributed by atoms with Crippen LogP contribution in [-0.4, -0.2) is 0 Å². The summed E-state index contributed by atoms with van der Waals surface area (Å²) in [5.74, 6) is 0. The van der Waals surface area contributed by atoms with Crippen LogP contribution in [0.4, 0.5) is 13.2 Å². The third kappa shape index (κ3) is 2.48. The van der Waals surface area contributed by atoms with E-state index >= 15 is 0 Å². The molecule has 0 saturated heterocycles. The monoisotopic (exact) mass is 253 g/mol.